The molecule has 2 rings (SSSR count). The lowest BCUT2D eigenvalue weighted by atomic mass is 9.90. The summed E-state index contributed by atoms with van der Waals surface area (Å²) >= 11 is 0. The molecule has 2 aliphatic rings. The maximum atomic E-state index is 12.3. The van der Waals surface area contributed by atoms with Crippen LogP contribution >= 0.6 is 0 Å². The van der Waals surface area contributed by atoms with Gasteiger partial charge in [0.2, 0.25) is 5.91 Å². The number of carbonyl (C=O) groups excluding carboxylic acids is 1. The summed E-state index contributed by atoms with van der Waals surface area (Å²) in [5.74, 6) is 1.07. The molecule has 2 heterocycles. The zero-order valence-electron chi connectivity index (χ0n) is 15.1. The van der Waals surface area contributed by atoms with Crippen molar-refractivity contribution in [1.82, 2.24) is 9.80 Å². The van der Waals surface area contributed by atoms with Crippen LogP contribution in [0, 0.1) is 11.3 Å². The lowest BCUT2D eigenvalue weighted by Crippen LogP contribution is -2.48. The fourth-order valence-corrected chi connectivity index (χ4v) is 3.73. The lowest BCUT2D eigenvalue weighted by Gasteiger charge is -2.39. The Morgan fingerprint density at radius 1 is 1.09 bits per heavy atom. The molecule has 22 heavy (non-hydrogen) atoms. The highest BCUT2D eigenvalue weighted by Crippen LogP contribution is 2.24. The van der Waals surface area contributed by atoms with Gasteiger partial charge in [-0.1, -0.05) is 20.8 Å². The highest BCUT2D eigenvalue weighted by Gasteiger charge is 2.29. The topological polar surface area (TPSA) is 32.8 Å². The van der Waals surface area contributed by atoms with Crippen molar-refractivity contribution in [3.63, 3.8) is 0 Å². The number of likely N-dealkylation sites (tertiary alicyclic amines) is 1. The molecule has 2 aliphatic heterocycles. The smallest absolute Gasteiger partial charge is 0.223 e. The van der Waals surface area contributed by atoms with Crippen molar-refractivity contribution in [3.8, 4) is 0 Å². The number of amides is 1. The fourth-order valence-electron chi connectivity index (χ4n) is 3.73. The Bertz CT molecular complexity index is 360. The SMILES string of the molecule is CC1CN(CC2CCN(C(=O)CC(C)(C)C)CC2)CC(C)O1. The van der Waals surface area contributed by atoms with E-state index < -0.39 is 0 Å². The largest absolute Gasteiger partial charge is 0.373 e. The maximum Gasteiger partial charge on any atom is 0.223 e. The molecule has 0 aliphatic carbocycles. The molecule has 0 aromatic carbocycles. The van der Waals surface area contributed by atoms with E-state index >= 15 is 0 Å². The van der Waals surface area contributed by atoms with Crippen LogP contribution in [0.15, 0.2) is 0 Å². The van der Waals surface area contributed by atoms with E-state index in [-0.39, 0.29) is 5.41 Å². The van der Waals surface area contributed by atoms with E-state index in [9.17, 15) is 4.79 Å². The van der Waals surface area contributed by atoms with Crippen LogP contribution in [0.25, 0.3) is 0 Å². The summed E-state index contributed by atoms with van der Waals surface area (Å²) in [6.07, 6.45) is 3.65. The molecule has 2 saturated heterocycles. The minimum atomic E-state index is 0.0913. The number of morpholine rings is 1. The van der Waals surface area contributed by atoms with Crippen molar-refractivity contribution in [3.05, 3.63) is 0 Å². The molecule has 4 heteroatoms. The second-order valence-corrected chi connectivity index (χ2v) is 8.54. The van der Waals surface area contributed by atoms with Crippen molar-refractivity contribution in [2.75, 3.05) is 32.7 Å². The van der Waals surface area contributed by atoms with Crippen LogP contribution in [0.2, 0.25) is 0 Å². The van der Waals surface area contributed by atoms with Gasteiger partial charge in [-0.05, 0) is 38.0 Å². The van der Waals surface area contributed by atoms with Crippen LogP contribution in [0.3, 0.4) is 0 Å². The van der Waals surface area contributed by atoms with E-state index in [1.807, 2.05) is 0 Å². The summed E-state index contributed by atoms with van der Waals surface area (Å²) in [4.78, 5) is 16.9. The molecule has 128 valence electrons. The third-order valence-corrected chi connectivity index (χ3v) is 4.66. The van der Waals surface area contributed by atoms with Crippen molar-refractivity contribution >= 4 is 5.91 Å². The molecule has 0 radical (unpaired) electrons. The molecule has 0 aromatic rings. The molecule has 0 bridgehead atoms. The number of nitrogens with zero attached hydrogens (tertiary/aromatic N) is 2. The van der Waals surface area contributed by atoms with E-state index in [1.165, 1.54) is 6.54 Å². The van der Waals surface area contributed by atoms with Crippen molar-refractivity contribution in [1.29, 1.82) is 0 Å². The van der Waals surface area contributed by atoms with E-state index in [0.717, 1.165) is 44.9 Å². The molecular weight excluding hydrogens is 276 g/mol. The Morgan fingerprint density at radius 3 is 2.14 bits per heavy atom. The summed E-state index contributed by atoms with van der Waals surface area (Å²) in [6.45, 7) is 15.9. The highest BCUT2D eigenvalue weighted by atomic mass is 16.5. The fraction of sp³-hybridized carbons (Fsp3) is 0.944. The molecule has 2 fully saturated rings. The van der Waals surface area contributed by atoms with Crippen molar-refractivity contribution < 1.29 is 9.53 Å². The monoisotopic (exact) mass is 310 g/mol. The van der Waals surface area contributed by atoms with E-state index in [2.05, 4.69) is 44.4 Å². The van der Waals surface area contributed by atoms with Gasteiger partial charge in [-0.25, -0.2) is 0 Å². The first-order valence-corrected chi connectivity index (χ1v) is 8.88. The minimum absolute atomic E-state index is 0.0913. The van der Waals surface area contributed by atoms with Crippen LogP contribution in [-0.4, -0.2) is 60.6 Å². The van der Waals surface area contributed by atoms with E-state index in [4.69, 9.17) is 4.74 Å². The summed E-state index contributed by atoms with van der Waals surface area (Å²) in [5, 5.41) is 0. The Kier molecular flexibility index (Phi) is 5.89. The van der Waals surface area contributed by atoms with Gasteiger partial charge in [0.15, 0.2) is 0 Å². The molecule has 0 N–H and O–H groups in total. The van der Waals surface area contributed by atoms with Crippen LogP contribution in [0.5, 0.6) is 0 Å². The first-order chi connectivity index (χ1) is 10.2. The predicted molar refractivity (Wildman–Crippen MR) is 89.8 cm³/mol. The number of ether oxygens (including phenoxy) is 1. The Labute approximate surface area is 136 Å². The van der Waals surface area contributed by atoms with Crippen molar-refractivity contribution in [2.45, 2.75) is 66.1 Å². The number of hydrogen-bond acceptors (Lipinski definition) is 3. The average Bonchev–Trinajstić information content (AvgIpc) is 2.36. The van der Waals surface area contributed by atoms with E-state index in [0.29, 0.717) is 24.5 Å². The number of hydrogen-bond donors (Lipinski definition) is 0. The van der Waals surface area contributed by atoms with Gasteiger partial charge in [0.05, 0.1) is 12.2 Å². The van der Waals surface area contributed by atoms with Gasteiger partial charge in [0.1, 0.15) is 0 Å². The second kappa shape index (κ2) is 7.31. The Balaban J connectivity index is 1.74. The van der Waals surface area contributed by atoms with Crippen molar-refractivity contribution in [2.24, 2.45) is 11.3 Å². The van der Waals surface area contributed by atoms with Crippen LogP contribution in [-0.2, 0) is 9.53 Å². The lowest BCUT2D eigenvalue weighted by molar-refractivity contribution is -0.134. The molecule has 1 amide bonds. The molecule has 0 spiro atoms. The molecule has 2 unspecified atom stereocenters. The molecule has 4 nitrogen and oxygen atoms in total. The quantitative estimate of drug-likeness (QED) is 0.803. The third-order valence-electron chi connectivity index (χ3n) is 4.66. The molecular formula is C18H34N2O2. The van der Waals surface area contributed by atoms with Gasteiger partial charge in [-0.2, -0.15) is 0 Å². The van der Waals surface area contributed by atoms with Gasteiger partial charge in [-0.3, -0.25) is 9.69 Å². The third kappa shape index (κ3) is 5.54. The zero-order valence-corrected chi connectivity index (χ0v) is 15.1. The number of piperidine rings is 1. The summed E-state index contributed by atoms with van der Waals surface area (Å²) < 4.78 is 5.81. The zero-order chi connectivity index (χ0) is 16.3. The first kappa shape index (κ1) is 17.7. The molecule has 0 saturated carbocycles. The normalized spacial score (nSPS) is 28.9. The Morgan fingerprint density at radius 2 is 1.64 bits per heavy atom. The highest BCUT2D eigenvalue weighted by molar-refractivity contribution is 5.76. The van der Waals surface area contributed by atoms with Crippen LogP contribution in [0.4, 0.5) is 0 Å². The standard InChI is InChI=1S/C18H34N2O2/c1-14-11-19(12-15(2)22-14)13-16-6-8-20(9-7-16)17(21)10-18(3,4)5/h14-16H,6-13H2,1-5H3. The Hall–Kier alpha value is -0.610. The van der Waals surface area contributed by atoms with Gasteiger partial charge >= 0.3 is 0 Å². The first-order valence-electron chi connectivity index (χ1n) is 8.88. The molecule has 0 aromatic heterocycles. The average molecular weight is 310 g/mol. The van der Waals surface area contributed by atoms with Crippen LogP contribution < -0.4 is 0 Å². The number of carbonyl (C=O) groups is 1. The molecule has 2 atom stereocenters. The minimum Gasteiger partial charge on any atom is -0.373 e. The maximum absolute atomic E-state index is 12.3. The number of rotatable bonds is 3. The van der Waals surface area contributed by atoms with E-state index in [1.54, 1.807) is 0 Å². The van der Waals surface area contributed by atoms with Gasteiger partial charge < -0.3 is 9.64 Å². The predicted octanol–water partition coefficient (Wildman–Crippen LogP) is 2.77. The summed E-state index contributed by atoms with van der Waals surface area (Å²) in [7, 11) is 0. The van der Waals surface area contributed by atoms with Crippen LogP contribution in [0.1, 0.15) is 53.9 Å². The second-order valence-electron chi connectivity index (χ2n) is 8.54. The van der Waals surface area contributed by atoms with Gasteiger partial charge in [0.25, 0.3) is 0 Å². The summed E-state index contributed by atoms with van der Waals surface area (Å²) in [5.41, 5.74) is 0.0913. The summed E-state index contributed by atoms with van der Waals surface area (Å²) in [6, 6.07) is 0. The van der Waals surface area contributed by atoms with Gasteiger partial charge in [-0.15, -0.1) is 0 Å². The van der Waals surface area contributed by atoms with Gasteiger partial charge in [0, 0.05) is 39.1 Å².